The van der Waals surface area contributed by atoms with Crippen LogP contribution < -0.4 is 0 Å². The van der Waals surface area contributed by atoms with E-state index in [0.717, 1.165) is 31.5 Å². The van der Waals surface area contributed by atoms with E-state index in [2.05, 4.69) is 17.9 Å². The maximum Gasteiger partial charge on any atom is 0.410 e. The number of likely N-dealkylation sites (N-methyl/N-ethyl adjacent to an activating group) is 1. The summed E-state index contributed by atoms with van der Waals surface area (Å²) in [6.45, 7) is 14.7. The van der Waals surface area contributed by atoms with E-state index in [4.69, 9.17) is 18.9 Å². The molecule has 264 valence electrons. The third-order valence-electron chi connectivity index (χ3n) is 9.78. The molecule has 3 heterocycles. The van der Waals surface area contributed by atoms with Gasteiger partial charge < -0.3 is 39.0 Å². The molecular weight excluding hydrogens is 588 g/mol. The minimum absolute atomic E-state index is 0. The van der Waals surface area contributed by atoms with E-state index in [9.17, 15) is 19.8 Å². The summed E-state index contributed by atoms with van der Waals surface area (Å²) in [6, 6.07) is 0. The number of esters is 1. The van der Waals surface area contributed by atoms with Gasteiger partial charge in [-0.25, -0.2) is 4.79 Å². The molecule has 0 unspecified atom stereocenters. The van der Waals surface area contributed by atoms with E-state index in [1.54, 1.807) is 12.0 Å². The summed E-state index contributed by atoms with van der Waals surface area (Å²) in [5.41, 5.74) is -0.0467. The molecule has 3 rings (SSSR count). The topological polar surface area (TPSA) is 121 Å². The Hall–Kier alpha value is -2.24. The Morgan fingerprint density at radius 3 is 2.52 bits per heavy atom. The third kappa shape index (κ3) is 11.5. The quantitative estimate of drug-likeness (QED) is 0.143. The van der Waals surface area contributed by atoms with Gasteiger partial charge in [-0.1, -0.05) is 59.4 Å². The number of aliphatic hydroxyl groups excluding tert-OH is 2. The van der Waals surface area contributed by atoms with Crippen LogP contribution >= 0.6 is 0 Å². The maximum atomic E-state index is 13.2. The number of nitrogens with zero attached hydrogens (tertiary/aromatic N) is 2. The average Bonchev–Trinajstić information content (AvgIpc) is 3.77. The standard InChI is InChI=1S/C35H58N2O8.CH4/c1-9-28(39)26(5)33-29(43-33)21-23(2)11-10-12-24(3)32-25(4)13-14-30(44-34(41)37-19-17-36(7)18-20-37)35(6,42-8)16-15-27(38)22-31(40)45-32;/h10-14,23,25-30,32-33,38-39H,9,15-22H2,1-8H3;1H4/b11-10+,14-13+,24-12+;/t23-,25+,26-,27-,28+,29-,30+,32-,33-,35-;/m1./s1. The molecule has 3 aliphatic rings. The normalized spacial score (nSPS) is 34.3. The summed E-state index contributed by atoms with van der Waals surface area (Å²) in [7, 11) is 3.61. The second kappa shape index (κ2) is 18.3. The summed E-state index contributed by atoms with van der Waals surface area (Å²) in [5.74, 6) is -0.316. The molecule has 2 fully saturated rings. The first-order valence-electron chi connectivity index (χ1n) is 16.7. The fourth-order valence-electron chi connectivity index (χ4n) is 6.17. The number of hydrogen-bond donors (Lipinski definition) is 2. The van der Waals surface area contributed by atoms with Crippen molar-refractivity contribution in [2.75, 3.05) is 40.3 Å². The van der Waals surface area contributed by atoms with Crippen LogP contribution in [0.1, 0.15) is 81.1 Å². The van der Waals surface area contributed by atoms with Gasteiger partial charge in [0.15, 0.2) is 6.10 Å². The molecule has 0 aliphatic carbocycles. The lowest BCUT2D eigenvalue weighted by Gasteiger charge is -2.38. The van der Waals surface area contributed by atoms with Crippen LogP contribution in [0.4, 0.5) is 4.79 Å². The molecule has 0 aromatic carbocycles. The van der Waals surface area contributed by atoms with Crippen molar-refractivity contribution in [3.63, 3.8) is 0 Å². The van der Waals surface area contributed by atoms with Crippen molar-refractivity contribution in [2.45, 2.75) is 123 Å². The SMILES string of the molecule is C.CC[C@H](O)[C@@H](C)[C@H]1O[C@@H]1C[C@H](C)/C=C/C=C(\C)[C@H]1OC(=O)C[C@H](O)CC[C@@](C)(OC)[C@@H](OC(=O)N2CCN(C)CC2)/C=C/[C@@H]1C. The molecule has 0 radical (unpaired) electrons. The van der Waals surface area contributed by atoms with Crippen molar-refractivity contribution >= 4 is 12.1 Å². The van der Waals surface area contributed by atoms with Gasteiger partial charge >= 0.3 is 12.1 Å². The predicted octanol–water partition coefficient (Wildman–Crippen LogP) is 5.13. The molecule has 0 aromatic rings. The van der Waals surface area contributed by atoms with E-state index in [0.29, 0.717) is 19.5 Å². The third-order valence-corrected chi connectivity index (χ3v) is 9.78. The molecule has 10 nitrogen and oxygen atoms in total. The highest BCUT2D eigenvalue weighted by Crippen LogP contribution is 2.36. The van der Waals surface area contributed by atoms with Crippen LogP contribution in [0.15, 0.2) is 36.0 Å². The number of carbonyl (C=O) groups is 2. The van der Waals surface area contributed by atoms with Crippen LogP contribution in [0.25, 0.3) is 0 Å². The van der Waals surface area contributed by atoms with Gasteiger partial charge in [-0.3, -0.25) is 4.79 Å². The van der Waals surface area contributed by atoms with Crippen molar-refractivity contribution in [1.82, 2.24) is 9.80 Å². The summed E-state index contributed by atoms with van der Waals surface area (Å²) >= 11 is 0. The van der Waals surface area contributed by atoms with Crippen LogP contribution in [0, 0.1) is 17.8 Å². The number of carbonyl (C=O) groups excluding carboxylic acids is 2. The van der Waals surface area contributed by atoms with Crippen LogP contribution in [-0.2, 0) is 23.7 Å². The average molecular weight is 651 g/mol. The van der Waals surface area contributed by atoms with Crippen LogP contribution in [0.3, 0.4) is 0 Å². The second-order valence-electron chi connectivity index (χ2n) is 13.6. The smallest absolute Gasteiger partial charge is 0.410 e. The summed E-state index contributed by atoms with van der Waals surface area (Å²) in [5, 5.41) is 20.8. The van der Waals surface area contributed by atoms with Crippen molar-refractivity contribution in [3.8, 4) is 0 Å². The lowest BCUT2D eigenvalue weighted by atomic mass is 9.88. The maximum absolute atomic E-state index is 13.2. The number of cyclic esters (lactones) is 1. The molecule has 46 heavy (non-hydrogen) atoms. The minimum Gasteiger partial charge on any atom is -0.457 e. The van der Waals surface area contributed by atoms with E-state index in [1.807, 2.05) is 66.0 Å². The van der Waals surface area contributed by atoms with E-state index >= 15 is 0 Å². The summed E-state index contributed by atoms with van der Waals surface area (Å²) in [4.78, 5) is 30.0. The highest BCUT2D eigenvalue weighted by Gasteiger charge is 2.45. The van der Waals surface area contributed by atoms with Gasteiger partial charge in [-0.2, -0.15) is 0 Å². The molecule has 2 N–H and O–H groups in total. The number of hydrogen-bond acceptors (Lipinski definition) is 9. The molecule has 2 saturated heterocycles. The number of rotatable bonds is 10. The molecule has 0 spiro atoms. The van der Waals surface area contributed by atoms with Crippen LogP contribution in [0.5, 0.6) is 0 Å². The minimum atomic E-state index is -0.917. The number of epoxide rings is 1. The van der Waals surface area contributed by atoms with Crippen LogP contribution in [-0.4, -0.2) is 115 Å². The van der Waals surface area contributed by atoms with Crippen molar-refractivity contribution in [2.24, 2.45) is 17.8 Å². The lowest BCUT2D eigenvalue weighted by molar-refractivity contribution is -0.151. The Morgan fingerprint density at radius 2 is 1.89 bits per heavy atom. The van der Waals surface area contributed by atoms with Gasteiger partial charge in [0.1, 0.15) is 11.7 Å². The molecule has 0 aromatic heterocycles. The Morgan fingerprint density at radius 1 is 1.22 bits per heavy atom. The van der Waals surface area contributed by atoms with Gasteiger partial charge in [0, 0.05) is 45.1 Å². The molecule has 3 aliphatic heterocycles. The zero-order valence-electron chi connectivity index (χ0n) is 28.7. The molecule has 10 heteroatoms. The monoisotopic (exact) mass is 650 g/mol. The Balaban J connectivity index is 0.00000736. The zero-order chi connectivity index (χ0) is 33.3. The van der Waals surface area contributed by atoms with E-state index < -0.39 is 36.0 Å². The zero-order valence-corrected chi connectivity index (χ0v) is 28.7. The first-order chi connectivity index (χ1) is 21.3. The summed E-state index contributed by atoms with van der Waals surface area (Å²) in [6.07, 6.45) is 9.28. The number of piperazine rings is 1. The Kier molecular flexibility index (Phi) is 15.9. The Bertz CT molecular complexity index is 1050. The van der Waals surface area contributed by atoms with E-state index in [-0.39, 0.29) is 56.3 Å². The first-order valence-corrected chi connectivity index (χ1v) is 16.7. The van der Waals surface area contributed by atoms with Gasteiger partial charge in [0.25, 0.3) is 0 Å². The molecule has 10 atom stereocenters. The lowest BCUT2D eigenvalue weighted by Crippen LogP contribution is -2.50. The van der Waals surface area contributed by atoms with Gasteiger partial charge in [-0.15, -0.1) is 0 Å². The van der Waals surface area contributed by atoms with Crippen LogP contribution in [0.2, 0.25) is 0 Å². The second-order valence-corrected chi connectivity index (χ2v) is 13.6. The fourth-order valence-corrected chi connectivity index (χ4v) is 6.17. The predicted molar refractivity (Wildman–Crippen MR) is 180 cm³/mol. The molecular formula is C36H62N2O8. The Labute approximate surface area is 277 Å². The van der Waals surface area contributed by atoms with Crippen molar-refractivity contribution < 1.29 is 38.7 Å². The van der Waals surface area contributed by atoms with Gasteiger partial charge in [0.05, 0.1) is 30.8 Å². The van der Waals surface area contributed by atoms with Crippen molar-refractivity contribution in [1.29, 1.82) is 0 Å². The summed E-state index contributed by atoms with van der Waals surface area (Å²) < 4.78 is 23.7. The highest BCUT2D eigenvalue weighted by atomic mass is 16.6. The highest BCUT2D eigenvalue weighted by molar-refractivity contribution is 5.70. The molecule has 1 amide bonds. The molecule has 0 saturated carbocycles. The first kappa shape index (κ1) is 39.9. The number of amides is 1. The number of ether oxygens (including phenoxy) is 4. The largest absolute Gasteiger partial charge is 0.457 e. The number of methoxy groups -OCH3 is 1. The van der Waals surface area contributed by atoms with E-state index in [1.165, 1.54) is 0 Å². The molecule has 0 bridgehead atoms. The van der Waals surface area contributed by atoms with Crippen molar-refractivity contribution in [3.05, 3.63) is 36.0 Å². The van der Waals surface area contributed by atoms with Gasteiger partial charge in [-0.05, 0) is 64.1 Å². The van der Waals surface area contributed by atoms with Gasteiger partial charge in [0.2, 0.25) is 0 Å². The fraction of sp³-hybridized carbons (Fsp3) is 0.778. The number of aliphatic hydroxyl groups is 2. The number of allylic oxidation sites excluding steroid dienone is 3.